The number of carbonyl (C=O) groups is 2. The summed E-state index contributed by atoms with van der Waals surface area (Å²) < 4.78 is 0. The Hall–Kier alpha value is -1.92. The van der Waals surface area contributed by atoms with Gasteiger partial charge >= 0.3 is 0 Å². The zero-order chi connectivity index (χ0) is 17.0. The van der Waals surface area contributed by atoms with Crippen LogP contribution in [0.4, 0.5) is 5.13 Å². The van der Waals surface area contributed by atoms with Gasteiger partial charge in [-0.05, 0) is 12.1 Å². The molecule has 0 spiro atoms. The van der Waals surface area contributed by atoms with Crippen molar-refractivity contribution in [2.45, 2.75) is 26.2 Å². The number of amides is 2. The van der Waals surface area contributed by atoms with Crippen molar-refractivity contribution < 1.29 is 9.59 Å². The van der Waals surface area contributed by atoms with Crippen LogP contribution in [0.5, 0.6) is 0 Å². The molecule has 2 aromatic rings. The zero-order valence-electron chi connectivity index (χ0n) is 13.1. The first kappa shape index (κ1) is 17.4. The van der Waals surface area contributed by atoms with E-state index in [0.29, 0.717) is 15.7 Å². The molecule has 1 aromatic heterocycles. The third-order valence-electron chi connectivity index (χ3n) is 3.05. The number of nitrogens with zero attached hydrogens (tertiary/aromatic N) is 1. The summed E-state index contributed by atoms with van der Waals surface area (Å²) in [6.07, 6.45) is 0. The molecule has 1 aromatic carbocycles. The number of nitrogens with one attached hydrogen (secondary N) is 2. The Labute approximate surface area is 144 Å². The molecule has 5 nitrogen and oxygen atoms in total. The molecule has 7 heteroatoms. The smallest absolute Gasteiger partial charge is 0.253 e. The van der Waals surface area contributed by atoms with Crippen molar-refractivity contribution in [1.82, 2.24) is 10.3 Å². The first-order valence-corrected chi connectivity index (χ1v) is 8.32. The summed E-state index contributed by atoms with van der Waals surface area (Å²) in [5, 5.41) is 8.00. The molecule has 2 amide bonds. The van der Waals surface area contributed by atoms with Crippen molar-refractivity contribution >= 4 is 39.9 Å². The largest absolute Gasteiger partial charge is 0.343 e. The lowest BCUT2D eigenvalue weighted by Crippen LogP contribution is -2.33. The lowest BCUT2D eigenvalue weighted by Gasteiger charge is -2.14. The molecule has 0 fully saturated rings. The van der Waals surface area contributed by atoms with Crippen LogP contribution in [0.3, 0.4) is 0 Å². The van der Waals surface area contributed by atoms with E-state index in [-0.39, 0.29) is 23.8 Å². The Morgan fingerprint density at radius 2 is 1.96 bits per heavy atom. The summed E-state index contributed by atoms with van der Waals surface area (Å²) in [6.45, 7) is 6.01. The topological polar surface area (TPSA) is 71.1 Å². The van der Waals surface area contributed by atoms with Crippen LogP contribution in [0, 0.1) is 0 Å². The van der Waals surface area contributed by atoms with Crippen LogP contribution in [-0.4, -0.2) is 23.3 Å². The highest BCUT2D eigenvalue weighted by atomic mass is 35.5. The number of anilines is 1. The van der Waals surface area contributed by atoms with Crippen LogP contribution in [0.15, 0.2) is 29.6 Å². The van der Waals surface area contributed by atoms with E-state index in [1.165, 1.54) is 11.3 Å². The van der Waals surface area contributed by atoms with Crippen LogP contribution in [0.1, 0.15) is 36.8 Å². The minimum atomic E-state index is -0.389. The van der Waals surface area contributed by atoms with E-state index in [2.05, 4.69) is 36.4 Å². The van der Waals surface area contributed by atoms with Crippen molar-refractivity contribution in [2.24, 2.45) is 0 Å². The second-order valence-electron chi connectivity index (χ2n) is 6.00. The van der Waals surface area contributed by atoms with E-state index in [0.717, 1.165) is 5.69 Å². The fourth-order valence-corrected chi connectivity index (χ4v) is 2.92. The van der Waals surface area contributed by atoms with Crippen LogP contribution in [0.25, 0.3) is 0 Å². The Morgan fingerprint density at radius 1 is 1.26 bits per heavy atom. The fourth-order valence-electron chi connectivity index (χ4n) is 1.74. The molecule has 122 valence electrons. The van der Waals surface area contributed by atoms with E-state index in [1.807, 2.05) is 5.38 Å². The van der Waals surface area contributed by atoms with Gasteiger partial charge < -0.3 is 10.6 Å². The fraction of sp³-hybridized carbons (Fsp3) is 0.312. The number of hydrogen-bond donors (Lipinski definition) is 2. The number of aromatic nitrogens is 1. The molecule has 1 heterocycles. The van der Waals surface area contributed by atoms with Crippen LogP contribution >= 0.6 is 22.9 Å². The second kappa shape index (κ2) is 7.10. The normalized spacial score (nSPS) is 11.1. The first-order chi connectivity index (χ1) is 10.8. The Morgan fingerprint density at radius 3 is 2.57 bits per heavy atom. The average Bonchev–Trinajstić information content (AvgIpc) is 2.94. The maximum absolute atomic E-state index is 12.0. The molecule has 0 aliphatic heterocycles. The van der Waals surface area contributed by atoms with Gasteiger partial charge in [0.15, 0.2) is 5.13 Å². The lowest BCUT2D eigenvalue weighted by atomic mass is 9.93. The molecule has 0 radical (unpaired) electrons. The average molecular weight is 352 g/mol. The lowest BCUT2D eigenvalue weighted by molar-refractivity contribution is -0.115. The van der Waals surface area contributed by atoms with E-state index in [4.69, 9.17) is 11.6 Å². The second-order valence-corrected chi connectivity index (χ2v) is 7.26. The summed E-state index contributed by atoms with van der Waals surface area (Å²) in [4.78, 5) is 28.2. The molecule has 2 N–H and O–H groups in total. The molecule has 23 heavy (non-hydrogen) atoms. The molecule has 0 unspecified atom stereocenters. The van der Waals surface area contributed by atoms with E-state index >= 15 is 0 Å². The van der Waals surface area contributed by atoms with Gasteiger partial charge in [0.1, 0.15) is 0 Å². The standard InChI is InChI=1S/C16H18ClN3O2S/c1-16(2,3)12-9-23-15(19-12)20-13(21)8-18-14(22)10-6-4-5-7-11(10)17/h4-7,9H,8H2,1-3H3,(H,18,22)(H,19,20,21). The minimum absolute atomic E-state index is 0.0717. The number of thiazole rings is 1. The molecule has 0 saturated carbocycles. The maximum atomic E-state index is 12.0. The monoisotopic (exact) mass is 351 g/mol. The van der Waals surface area contributed by atoms with Gasteiger partial charge in [0.25, 0.3) is 5.91 Å². The van der Waals surface area contributed by atoms with Crippen LogP contribution < -0.4 is 10.6 Å². The molecule has 0 bridgehead atoms. The Kier molecular flexibility index (Phi) is 5.38. The molecule has 2 rings (SSSR count). The molecule has 0 aliphatic rings. The van der Waals surface area contributed by atoms with Gasteiger partial charge in [-0.2, -0.15) is 0 Å². The van der Waals surface area contributed by atoms with Gasteiger partial charge in [0, 0.05) is 10.8 Å². The number of benzene rings is 1. The van der Waals surface area contributed by atoms with E-state index in [9.17, 15) is 9.59 Å². The first-order valence-electron chi connectivity index (χ1n) is 7.06. The summed E-state index contributed by atoms with van der Waals surface area (Å²) in [6, 6.07) is 6.68. The summed E-state index contributed by atoms with van der Waals surface area (Å²) in [5.74, 6) is -0.722. The third-order valence-corrected chi connectivity index (χ3v) is 4.13. The highest BCUT2D eigenvalue weighted by molar-refractivity contribution is 7.13. The van der Waals surface area contributed by atoms with Crippen molar-refractivity contribution in [3.05, 3.63) is 45.9 Å². The summed E-state index contributed by atoms with van der Waals surface area (Å²) >= 11 is 7.30. The predicted octanol–water partition coefficient (Wildman–Crippen LogP) is 3.46. The van der Waals surface area contributed by atoms with E-state index < -0.39 is 0 Å². The van der Waals surface area contributed by atoms with Gasteiger partial charge in [0.2, 0.25) is 5.91 Å². The molecule has 0 saturated heterocycles. The minimum Gasteiger partial charge on any atom is -0.343 e. The molecule has 0 aliphatic carbocycles. The van der Waals surface area contributed by atoms with Crippen molar-refractivity contribution in [1.29, 1.82) is 0 Å². The zero-order valence-corrected chi connectivity index (χ0v) is 14.7. The van der Waals surface area contributed by atoms with Gasteiger partial charge in [-0.1, -0.05) is 44.5 Å². The van der Waals surface area contributed by atoms with Crippen LogP contribution in [0.2, 0.25) is 5.02 Å². The van der Waals surface area contributed by atoms with Crippen molar-refractivity contribution in [3.8, 4) is 0 Å². The SMILES string of the molecule is CC(C)(C)c1csc(NC(=O)CNC(=O)c2ccccc2Cl)n1. The number of halogens is 1. The third kappa shape index (κ3) is 4.77. The molecule has 0 atom stereocenters. The number of hydrogen-bond acceptors (Lipinski definition) is 4. The van der Waals surface area contributed by atoms with Gasteiger partial charge in [-0.25, -0.2) is 4.98 Å². The summed E-state index contributed by atoms with van der Waals surface area (Å²) in [7, 11) is 0. The highest BCUT2D eigenvalue weighted by Gasteiger charge is 2.18. The van der Waals surface area contributed by atoms with Crippen molar-refractivity contribution in [3.63, 3.8) is 0 Å². The maximum Gasteiger partial charge on any atom is 0.253 e. The van der Waals surface area contributed by atoms with Gasteiger partial charge in [-0.3, -0.25) is 9.59 Å². The Bertz CT molecular complexity index is 722. The Balaban J connectivity index is 1.89. The van der Waals surface area contributed by atoms with Gasteiger partial charge in [0.05, 0.1) is 22.8 Å². The predicted molar refractivity (Wildman–Crippen MR) is 93.2 cm³/mol. The number of carbonyl (C=O) groups excluding carboxylic acids is 2. The molecular formula is C16H18ClN3O2S. The van der Waals surface area contributed by atoms with Crippen LogP contribution in [-0.2, 0) is 10.2 Å². The quantitative estimate of drug-likeness (QED) is 0.886. The van der Waals surface area contributed by atoms with Gasteiger partial charge in [-0.15, -0.1) is 11.3 Å². The van der Waals surface area contributed by atoms with Crippen molar-refractivity contribution in [2.75, 3.05) is 11.9 Å². The van der Waals surface area contributed by atoms with E-state index in [1.54, 1.807) is 24.3 Å². The highest BCUT2D eigenvalue weighted by Crippen LogP contribution is 2.26. The molecular weight excluding hydrogens is 334 g/mol. The summed E-state index contributed by atoms with van der Waals surface area (Å²) in [5.41, 5.74) is 1.18. The number of rotatable bonds is 4.